The number of hydrogen-bond acceptors (Lipinski definition) is 6. The first-order valence-corrected chi connectivity index (χ1v) is 15.1. The largest absolute Gasteiger partial charge is 0.444 e. The molecule has 12 heteroatoms. The summed E-state index contributed by atoms with van der Waals surface area (Å²) >= 11 is 0. The van der Waals surface area contributed by atoms with Crippen LogP contribution in [0.1, 0.15) is 74.0 Å². The van der Waals surface area contributed by atoms with Gasteiger partial charge in [-0.25, -0.2) is 9.78 Å². The molecule has 1 saturated carbocycles. The average Bonchev–Trinajstić information content (AvgIpc) is 3.33. The Morgan fingerprint density at radius 3 is 2.34 bits per heavy atom. The third kappa shape index (κ3) is 7.52. The Morgan fingerprint density at radius 1 is 1.00 bits per heavy atom. The van der Waals surface area contributed by atoms with Gasteiger partial charge in [0.25, 0.3) is 5.91 Å². The number of nitrogens with zero attached hydrogens (tertiary/aromatic N) is 4. The van der Waals surface area contributed by atoms with Gasteiger partial charge in [-0.1, -0.05) is 12.1 Å². The van der Waals surface area contributed by atoms with E-state index in [1.54, 1.807) is 4.90 Å². The number of aliphatic hydroxyl groups is 1. The van der Waals surface area contributed by atoms with Crippen molar-refractivity contribution in [1.29, 1.82) is 0 Å². The van der Waals surface area contributed by atoms with Crippen molar-refractivity contribution in [2.75, 3.05) is 38.1 Å². The Bertz CT molecular complexity index is 1480. The Labute approximate surface area is 255 Å². The molecule has 1 aliphatic carbocycles. The van der Waals surface area contributed by atoms with Crippen molar-refractivity contribution < 1.29 is 32.6 Å². The molecule has 9 nitrogen and oxygen atoms in total. The number of fused-ring (bicyclic) bond motifs is 1. The Morgan fingerprint density at radius 2 is 1.70 bits per heavy atom. The van der Waals surface area contributed by atoms with Crippen molar-refractivity contribution >= 4 is 29.0 Å². The molecule has 0 atom stereocenters. The fourth-order valence-electron chi connectivity index (χ4n) is 5.97. The molecular formula is C32H40F3N5O4. The summed E-state index contributed by atoms with van der Waals surface area (Å²) in [6.45, 7) is 8.84. The van der Waals surface area contributed by atoms with Gasteiger partial charge in [-0.05, 0) is 88.3 Å². The van der Waals surface area contributed by atoms with E-state index in [1.807, 2.05) is 43.5 Å². The minimum Gasteiger partial charge on any atom is -0.444 e. The first kappa shape index (κ1) is 31.8. The van der Waals surface area contributed by atoms with Crippen LogP contribution < -0.4 is 5.32 Å². The van der Waals surface area contributed by atoms with Crippen molar-refractivity contribution in [1.82, 2.24) is 19.4 Å². The van der Waals surface area contributed by atoms with Gasteiger partial charge in [0, 0.05) is 50.9 Å². The van der Waals surface area contributed by atoms with Crippen molar-refractivity contribution in [3.05, 3.63) is 59.2 Å². The Hall–Kier alpha value is -3.64. The maximum absolute atomic E-state index is 13.3. The van der Waals surface area contributed by atoms with E-state index < -0.39 is 23.2 Å². The number of halogens is 3. The second-order valence-corrected chi connectivity index (χ2v) is 12.8. The van der Waals surface area contributed by atoms with E-state index in [0.717, 1.165) is 48.9 Å². The molecule has 2 aromatic carbocycles. The molecule has 0 unspecified atom stereocenters. The van der Waals surface area contributed by atoms with Crippen LogP contribution in [0, 0.1) is 5.92 Å². The van der Waals surface area contributed by atoms with Crippen LogP contribution >= 0.6 is 0 Å². The summed E-state index contributed by atoms with van der Waals surface area (Å²) in [6.07, 6.45) is -1.64. The molecule has 0 radical (unpaired) electrons. The zero-order valence-corrected chi connectivity index (χ0v) is 25.4. The summed E-state index contributed by atoms with van der Waals surface area (Å²) in [4.78, 5) is 34.3. The lowest BCUT2D eigenvalue weighted by atomic mass is 9.86. The lowest BCUT2D eigenvalue weighted by Gasteiger charge is -2.35. The van der Waals surface area contributed by atoms with Crippen molar-refractivity contribution in [3.8, 4) is 0 Å². The van der Waals surface area contributed by atoms with Gasteiger partial charge in [0.1, 0.15) is 5.60 Å². The normalized spacial score (nSPS) is 20.1. The number of hydrogen-bond donors (Lipinski definition) is 2. The predicted molar refractivity (Wildman–Crippen MR) is 160 cm³/mol. The number of imidazole rings is 1. The van der Waals surface area contributed by atoms with E-state index in [1.165, 1.54) is 12.1 Å². The van der Waals surface area contributed by atoms with E-state index in [9.17, 15) is 27.9 Å². The molecule has 44 heavy (non-hydrogen) atoms. The van der Waals surface area contributed by atoms with E-state index in [2.05, 4.69) is 10.2 Å². The van der Waals surface area contributed by atoms with Crippen LogP contribution in [-0.2, 0) is 17.5 Å². The summed E-state index contributed by atoms with van der Waals surface area (Å²) < 4.78 is 47.4. The number of benzene rings is 2. The zero-order valence-electron chi connectivity index (χ0n) is 25.4. The molecule has 1 aliphatic heterocycles. The third-order valence-electron chi connectivity index (χ3n) is 8.30. The standard InChI is InChI=1S/C32H40F3N5O4/c1-31(2,3)44-30(43)39-15-13-38(14-16-39)19-22-9-12-27-26(17-22)36-29(40(27)25-10-7-21(20-41)8-11-25)37-28(42)23-5-4-6-24(18-23)32(33,34)35/h4-6,9,12,17-18,21,25,41H,7-8,10-11,13-16,19-20H2,1-3H3,(H,36,37,42)/t21-,25+. The van der Waals surface area contributed by atoms with Gasteiger partial charge < -0.3 is 19.3 Å². The monoisotopic (exact) mass is 615 g/mol. The molecule has 0 spiro atoms. The number of piperazine rings is 1. The van der Waals surface area contributed by atoms with Crippen LogP contribution in [0.4, 0.5) is 23.9 Å². The van der Waals surface area contributed by atoms with Gasteiger partial charge in [-0.3, -0.25) is 15.0 Å². The average molecular weight is 616 g/mol. The highest BCUT2D eigenvalue weighted by Gasteiger charge is 2.32. The summed E-state index contributed by atoms with van der Waals surface area (Å²) in [5.74, 6) is -0.149. The summed E-state index contributed by atoms with van der Waals surface area (Å²) in [6, 6.07) is 10.4. The molecule has 2 fully saturated rings. The molecule has 1 aromatic heterocycles. The SMILES string of the molecule is CC(C)(C)OC(=O)N1CCN(Cc2ccc3c(c2)nc(NC(=O)c2cccc(C(F)(F)F)c2)n3[C@H]2CC[C@@H](CO)CC2)CC1. The van der Waals surface area contributed by atoms with Crippen LogP contribution in [0.3, 0.4) is 0 Å². The number of anilines is 1. The highest BCUT2D eigenvalue weighted by Crippen LogP contribution is 2.37. The number of carbonyl (C=O) groups is 2. The van der Waals surface area contributed by atoms with Gasteiger partial charge in [0.05, 0.1) is 16.6 Å². The maximum atomic E-state index is 13.3. The number of carbonyl (C=O) groups excluding carboxylic acids is 2. The number of alkyl halides is 3. The molecular weight excluding hydrogens is 575 g/mol. The van der Waals surface area contributed by atoms with Crippen molar-refractivity contribution in [3.63, 3.8) is 0 Å². The Kier molecular flexibility index (Phi) is 9.22. The topological polar surface area (TPSA) is 99.9 Å². The second-order valence-electron chi connectivity index (χ2n) is 12.8. The van der Waals surface area contributed by atoms with Crippen LogP contribution in [0.5, 0.6) is 0 Å². The number of ether oxygens (including phenoxy) is 1. The van der Waals surface area contributed by atoms with Gasteiger partial charge in [0.2, 0.25) is 5.95 Å². The molecule has 1 saturated heterocycles. The van der Waals surface area contributed by atoms with E-state index in [-0.39, 0.29) is 36.2 Å². The lowest BCUT2D eigenvalue weighted by Crippen LogP contribution is -2.49. The number of aliphatic hydroxyl groups excluding tert-OH is 1. The number of aromatic nitrogens is 2. The molecule has 5 rings (SSSR count). The molecule has 0 bridgehead atoms. The fraction of sp³-hybridized carbons (Fsp3) is 0.531. The van der Waals surface area contributed by atoms with E-state index >= 15 is 0 Å². The van der Waals surface area contributed by atoms with Crippen LogP contribution in [0.25, 0.3) is 11.0 Å². The third-order valence-corrected chi connectivity index (χ3v) is 8.30. The van der Waals surface area contributed by atoms with Gasteiger partial charge >= 0.3 is 12.3 Å². The Balaban J connectivity index is 1.35. The molecule has 2 N–H and O–H groups in total. The number of rotatable bonds is 6. The first-order chi connectivity index (χ1) is 20.8. The lowest BCUT2D eigenvalue weighted by molar-refractivity contribution is -0.137. The molecule has 238 valence electrons. The van der Waals surface area contributed by atoms with Crippen LogP contribution in [-0.4, -0.2) is 74.8 Å². The second kappa shape index (κ2) is 12.8. The predicted octanol–water partition coefficient (Wildman–Crippen LogP) is 6.08. The molecule has 2 heterocycles. The fourth-order valence-corrected chi connectivity index (χ4v) is 5.97. The van der Waals surface area contributed by atoms with Crippen LogP contribution in [0.2, 0.25) is 0 Å². The van der Waals surface area contributed by atoms with Crippen molar-refractivity contribution in [2.24, 2.45) is 5.92 Å². The first-order valence-electron chi connectivity index (χ1n) is 15.1. The van der Waals surface area contributed by atoms with E-state index in [4.69, 9.17) is 9.72 Å². The zero-order chi connectivity index (χ0) is 31.6. The number of nitrogens with one attached hydrogen (secondary N) is 1. The van der Waals surface area contributed by atoms with Gasteiger partial charge in [0.15, 0.2) is 0 Å². The maximum Gasteiger partial charge on any atom is 0.416 e. The summed E-state index contributed by atoms with van der Waals surface area (Å²) in [5.41, 5.74) is 0.990. The van der Waals surface area contributed by atoms with Crippen molar-refractivity contribution in [2.45, 2.75) is 70.8 Å². The molecule has 2 aliphatic rings. The summed E-state index contributed by atoms with van der Waals surface area (Å²) in [7, 11) is 0. The van der Waals surface area contributed by atoms with Gasteiger partial charge in [-0.2, -0.15) is 13.2 Å². The highest BCUT2D eigenvalue weighted by molar-refractivity contribution is 6.04. The summed E-state index contributed by atoms with van der Waals surface area (Å²) in [5, 5.41) is 12.4. The minimum absolute atomic E-state index is 0.0198. The quantitative estimate of drug-likeness (QED) is 0.349. The minimum atomic E-state index is -4.56. The highest BCUT2D eigenvalue weighted by atomic mass is 19.4. The van der Waals surface area contributed by atoms with Gasteiger partial charge in [-0.15, -0.1) is 0 Å². The number of amides is 2. The van der Waals surface area contributed by atoms with E-state index in [0.29, 0.717) is 38.2 Å². The smallest absolute Gasteiger partial charge is 0.416 e. The molecule has 2 amide bonds. The van der Waals surface area contributed by atoms with Crippen LogP contribution in [0.15, 0.2) is 42.5 Å². The molecule has 3 aromatic rings.